The minimum absolute atomic E-state index is 0.0141. The molecule has 2 aromatic carbocycles. The van der Waals surface area contributed by atoms with E-state index in [0.717, 1.165) is 11.3 Å². The highest BCUT2D eigenvalue weighted by Crippen LogP contribution is 2.20. The van der Waals surface area contributed by atoms with Crippen LogP contribution in [0.1, 0.15) is 16.7 Å². The number of carbonyl (C=O) groups excluding carboxylic acids is 1. The second-order valence-corrected chi connectivity index (χ2v) is 5.14. The Morgan fingerprint density at radius 3 is 2.30 bits per heavy atom. The van der Waals surface area contributed by atoms with Crippen LogP contribution in [0.4, 0.5) is 5.69 Å². The van der Waals surface area contributed by atoms with Crippen LogP contribution in [0.25, 0.3) is 0 Å². The predicted molar refractivity (Wildman–Crippen MR) is 84.3 cm³/mol. The molecule has 1 amide bonds. The number of halogens is 1. The van der Waals surface area contributed by atoms with Gasteiger partial charge >= 0.3 is 0 Å². The van der Waals surface area contributed by atoms with E-state index in [1.165, 1.54) is 11.1 Å². The van der Waals surface area contributed by atoms with Gasteiger partial charge in [-0.3, -0.25) is 4.79 Å². The van der Waals surface area contributed by atoms with E-state index in [-0.39, 0.29) is 11.8 Å². The third-order valence-electron chi connectivity index (χ3n) is 3.35. The minimum Gasteiger partial charge on any atom is -0.307 e. The number of hydrogen-bond acceptors (Lipinski definition) is 1. The molecule has 0 aliphatic carbocycles. The van der Waals surface area contributed by atoms with Gasteiger partial charge in [0, 0.05) is 5.69 Å². The van der Waals surface area contributed by atoms with Crippen molar-refractivity contribution in [2.75, 3.05) is 10.8 Å². The monoisotopic (exact) mass is 287 g/mol. The zero-order valence-corrected chi connectivity index (χ0v) is 12.5. The number of rotatable bonds is 4. The van der Waals surface area contributed by atoms with Gasteiger partial charge in [-0.1, -0.05) is 42.0 Å². The average molecular weight is 288 g/mol. The van der Waals surface area contributed by atoms with Crippen LogP contribution >= 0.6 is 11.6 Å². The van der Waals surface area contributed by atoms with Gasteiger partial charge in [0.05, 0.1) is 6.54 Å². The van der Waals surface area contributed by atoms with E-state index in [2.05, 4.69) is 0 Å². The summed E-state index contributed by atoms with van der Waals surface area (Å²) in [5.41, 5.74) is 4.35. The average Bonchev–Trinajstić information content (AvgIpc) is 2.47. The van der Waals surface area contributed by atoms with Crippen molar-refractivity contribution < 1.29 is 4.79 Å². The summed E-state index contributed by atoms with van der Waals surface area (Å²) < 4.78 is 0. The van der Waals surface area contributed by atoms with Crippen molar-refractivity contribution in [3.63, 3.8) is 0 Å². The number of hydrogen-bond donors (Lipinski definition) is 0. The summed E-state index contributed by atoms with van der Waals surface area (Å²) >= 11 is 5.74. The van der Waals surface area contributed by atoms with Crippen LogP contribution in [0.2, 0.25) is 0 Å². The maximum Gasteiger partial charge on any atom is 0.242 e. The standard InChI is InChI=1S/C17H18ClNO/c1-13-7-9-16(10-8-13)19(17(20)11-18)12-15-6-4-3-5-14(15)2/h3-10H,11-12H2,1-2H3. The van der Waals surface area contributed by atoms with Gasteiger partial charge in [0.1, 0.15) is 5.88 Å². The molecule has 0 unspecified atom stereocenters. The first-order valence-electron chi connectivity index (χ1n) is 6.59. The van der Waals surface area contributed by atoms with Gasteiger partial charge in [0.15, 0.2) is 0 Å². The van der Waals surface area contributed by atoms with E-state index < -0.39 is 0 Å². The topological polar surface area (TPSA) is 20.3 Å². The predicted octanol–water partition coefficient (Wildman–Crippen LogP) is 4.08. The summed E-state index contributed by atoms with van der Waals surface area (Å²) in [5, 5.41) is 0. The number of anilines is 1. The molecule has 2 aromatic rings. The van der Waals surface area contributed by atoms with Crippen LogP contribution in [0, 0.1) is 13.8 Å². The van der Waals surface area contributed by atoms with Gasteiger partial charge < -0.3 is 4.90 Å². The molecule has 0 aliphatic heterocycles. The molecule has 0 heterocycles. The second-order valence-electron chi connectivity index (χ2n) is 4.88. The zero-order valence-electron chi connectivity index (χ0n) is 11.8. The third-order valence-corrected chi connectivity index (χ3v) is 3.58. The molecule has 0 atom stereocenters. The molecule has 0 saturated carbocycles. The summed E-state index contributed by atoms with van der Waals surface area (Å²) in [4.78, 5) is 13.8. The van der Waals surface area contributed by atoms with Gasteiger partial charge in [0.25, 0.3) is 0 Å². The van der Waals surface area contributed by atoms with Crippen molar-refractivity contribution in [2.24, 2.45) is 0 Å². The number of benzene rings is 2. The fraction of sp³-hybridized carbons (Fsp3) is 0.235. The Morgan fingerprint density at radius 2 is 1.70 bits per heavy atom. The van der Waals surface area contributed by atoms with E-state index in [9.17, 15) is 4.79 Å². The van der Waals surface area contributed by atoms with Crippen LogP contribution in [-0.2, 0) is 11.3 Å². The highest BCUT2D eigenvalue weighted by molar-refractivity contribution is 6.29. The zero-order chi connectivity index (χ0) is 14.5. The molecule has 0 aromatic heterocycles. The Bertz CT molecular complexity index is 592. The fourth-order valence-corrected chi connectivity index (χ4v) is 2.22. The molecule has 0 fully saturated rings. The number of carbonyl (C=O) groups is 1. The van der Waals surface area contributed by atoms with Crippen LogP contribution in [0.15, 0.2) is 48.5 Å². The Morgan fingerprint density at radius 1 is 1.05 bits per heavy atom. The molecule has 0 N–H and O–H groups in total. The Balaban J connectivity index is 2.31. The van der Waals surface area contributed by atoms with E-state index in [1.54, 1.807) is 4.90 Å². The third kappa shape index (κ3) is 3.40. The molecule has 0 bridgehead atoms. The highest BCUT2D eigenvalue weighted by Gasteiger charge is 2.15. The maximum absolute atomic E-state index is 12.1. The number of aryl methyl sites for hydroxylation is 2. The van der Waals surface area contributed by atoms with Crippen molar-refractivity contribution in [1.29, 1.82) is 0 Å². The molecule has 2 rings (SSSR count). The van der Waals surface area contributed by atoms with Gasteiger partial charge in [-0.25, -0.2) is 0 Å². The van der Waals surface area contributed by atoms with Crippen LogP contribution in [-0.4, -0.2) is 11.8 Å². The first-order chi connectivity index (χ1) is 9.61. The van der Waals surface area contributed by atoms with Gasteiger partial charge in [0.2, 0.25) is 5.91 Å². The largest absolute Gasteiger partial charge is 0.307 e. The fourth-order valence-electron chi connectivity index (χ4n) is 2.08. The van der Waals surface area contributed by atoms with E-state index in [4.69, 9.17) is 11.6 Å². The van der Waals surface area contributed by atoms with E-state index >= 15 is 0 Å². The van der Waals surface area contributed by atoms with Gasteiger partial charge in [-0.05, 0) is 37.1 Å². The lowest BCUT2D eigenvalue weighted by Crippen LogP contribution is -2.31. The van der Waals surface area contributed by atoms with Crippen LogP contribution < -0.4 is 4.90 Å². The molecule has 0 aliphatic rings. The molecular weight excluding hydrogens is 270 g/mol. The van der Waals surface area contributed by atoms with Gasteiger partial charge in [-0.15, -0.1) is 11.6 Å². The summed E-state index contributed by atoms with van der Waals surface area (Å²) in [6.45, 7) is 4.62. The summed E-state index contributed by atoms with van der Waals surface area (Å²) in [6.07, 6.45) is 0. The molecular formula is C17H18ClNO. The Labute approximate surface area is 125 Å². The number of amides is 1. The van der Waals surface area contributed by atoms with Crippen molar-refractivity contribution >= 4 is 23.2 Å². The SMILES string of the molecule is Cc1ccc(N(Cc2ccccc2C)C(=O)CCl)cc1. The van der Waals surface area contributed by atoms with Crippen LogP contribution in [0.3, 0.4) is 0 Å². The smallest absolute Gasteiger partial charge is 0.242 e. The highest BCUT2D eigenvalue weighted by atomic mass is 35.5. The molecule has 0 saturated heterocycles. The molecule has 2 nitrogen and oxygen atoms in total. The van der Waals surface area contributed by atoms with Gasteiger partial charge in [-0.2, -0.15) is 0 Å². The van der Waals surface area contributed by atoms with E-state index in [1.807, 2.05) is 62.4 Å². The quantitative estimate of drug-likeness (QED) is 0.776. The summed E-state index contributed by atoms with van der Waals surface area (Å²) in [5.74, 6) is -0.0986. The molecule has 104 valence electrons. The number of nitrogens with zero attached hydrogens (tertiary/aromatic N) is 1. The van der Waals surface area contributed by atoms with Crippen molar-refractivity contribution in [1.82, 2.24) is 0 Å². The first kappa shape index (κ1) is 14.6. The lowest BCUT2D eigenvalue weighted by atomic mass is 10.1. The maximum atomic E-state index is 12.1. The van der Waals surface area contributed by atoms with E-state index in [0.29, 0.717) is 6.54 Å². The van der Waals surface area contributed by atoms with Crippen molar-refractivity contribution in [3.05, 3.63) is 65.2 Å². The normalized spacial score (nSPS) is 10.3. The molecule has 20 heavy (non-hydrogen) atoms. The summed E-state index contributed by atoms with van der Waals surface area (Å²) in [7, 11) is 0. The van der Waals surface area contributed by atoms with Crippen molar-refractivity contribution in [2.45, 2.75) is 20.4 Å². The minimum atomic E-state index is -0.0845. The Kier molecular flexibility index (Phi) is 4.80. The van der Waals surface area contributed by atoms with Crippen molar-refractivity contribution in [3.8, 4) is 0 Å². The first-order valence-corrected chi connectivity index (χ1v) is 7.13. The van der Waals surface area contributed by atoms with Crippen LogP contribution in [0.5, 0.6) is 0 Å². The lowest BCUT2D eigenvalue weighted by molar-refractivity contribution is -0.116. The molecule has 3 heteroatoms. The lowest BCUT2D eigenvalue weighted by Gasteiger charge is -2.23. The molecule has 0 radical (unpaired) electrons. The molecule has 0 spiro atoms. The second kappa shape index (κ2) is 6.58. The number of alkyl halides is 1. The Hall–Kier alpha value is -1.80. The summed E-state index contributed by atoms with van der Waals surface area (Å²) in [6, 6.07) is 16.0.